The zero-order valence-electron chi connectivity index (χ0n) is 17.1. The van der Waals surface area contributed by atoms with Gasteiger partial charge in [-0.05, 0) is 72.8 Å². The maximum Gasteiger partial charge on any atom is 0.294 e. The minimum Gasteiger partial charge on any atom is -0.304 e. The number of halogens is 3. The molecule has 0 fully saturated rings. The number of azo groups is 1. The Bertz CT molecular complexity index is 1440. The number of hydrogen-bond acceptors (Lipinski definition) is 5. The first-order valence-electron chi connectivity index (χ1n) is 9.71. The maximum absolute atomic E-state index is 13.1. The molecule has 0 spiro atoms. The van der Waals surface area contributed by atoms with Crippen LogP contribution in [0, 0.1) is 0 Å². The van der Waals surface area contributed by atoms with Gasteiger partial charge in [-0.25, -0.2) is 0 Å². The summed E-state index contributed by atoms with van der Waals surface area (Å²) in [5, 5.41) is 14.4. The third-order valence-electron chi connectivity index (χ3n) is 4.60. The van der Waals surface area contributed by atoms with E-state index in [1.807, 2.05) is 0 Å². The second kappa shape index (κ2) is 10.0. The fourth-order valence-electron chi connectivity index (χ4n) is 2.90. The SMILES string of the molecule is O=C(Nc1c(N=Nc2ccc(Cl)cc2)c(=O)[nH]n1C(=O)c1ccc(Cl)cc1)c1ccc(Cl)cc1. The number of H-pyrrole nitrogens is 1. The Morgan fingerprint density at radius 3 is 1.79 bits per heavy atom. The molecule has 0 aliphatic carbocycles. The highest BCUT2D eigenvalue weighted by Crippen LogP contribution is 2.26. The molecule has 0 aliphatic heterocycles. The molecule has 11 heteroatoms. The minimum atomic E-state index is -0.730. The fraction of sp³-hybridized carbons (Fsp3) is 0. The van der Waals surface area contributed by atoms with Gasteiger partial charge in [0.1, 0.15) is 0 Å². The van der Waals surface area contributed by atoms with Crippen LogP contribution in [0.3, 0.4) is 0 Å². The molecule has 1 amide bonds. The molecule has 0 unspecified atom stereocenters. The van der Waals surface area contributed by atoms with Crippen molar-refractivity contribution in [1.82, 2.24) is 9.78 Å². The van der Waals surface area contributed by atoms with Crippen LogP contribution in [0.4, 0.5) is 17.2 Å². The Morgan fingerprint density at radius 1 is 0.735 bits per heavy atom. The van der Waals surface area contributed by atoms with Crippen molar-refractivity contribution < 1.29 is 9.59 Å². The molecule has 3 aromatic carbocycles. The molecular weight excluding hydrogens is 501 g/mol. The van der Waals surface area contributed by atoms with Crippen LogP contribution >= 0.6 is 34.8 Å². The maximum atomic E-state index is 13.1. The molecule has 0 saturated carbocycles. The summed E-state index contributed by atoms with van der Waals surface area (Å²) in [5.41, 5.74) is -0.107. The molecule has 4 aromatic rings. The van der Waals surface area contributed by atoms with Gasteiger partial charge in [0.2, 0.25) is 0 Å². The lowest BCUT2D eigenvalue weighted by Gasteiger charge is -2.09. The number of hydrogen-bond donors (Lipinski definition) is 2. The highest BCUT2D eigenvalue weighted by molar-refractivity contribution is 6.31. The Labute approximate surface area is 207 Å². The summed E-state index contributed by atoms with van der Waals surface area (Å²) in [5.74, 6) is -1.38. The first-order valence-corrected chi connectivity index (χ1v) is 10.8. The van der Waals surface area contributed by atoms with Crippen molar-refractivity contribution in [2.75, 3.05) is 5.32 Å². The molecule has 0 bridgehead atoms. The van der Waals surface area contributed by atoms with E-state index in [1.54, 1.807) is 36.4 Å². The number of amides is 1. The fourth-order valence-corrected chi connectivity index (χ4v) is 3.28. The molecule has 0 radical (unpaired) electrons. The molecule has 34 heavy (non-hydrogen) atoms. The number of carbonyl (C=O) groups excluding carboxylic acids is 2. The second-order valence-electron chi connectivity index (χ2n) is 6.92. The molecule has 2 N–H and O–H groups in total. The zero-order valence-corrected chi connectivity index (χ0v) is 19.4. The van der Waals surface area contributed by atoms with Gasteiger partial charge in [0.05, 0.1) is 5.69 Å². The number of nitrogens with one attached hydrogen (secondary N) is 2. The lowest BCUT2D eigenvalue weighted by atomic mass is 10.2. The van der Waals surface area contributed by atoms with Gasteiger partial charge in [0.15, 0.2) is 11.5 Å². The number of aromatic nitrogens is 2. The van der Waals surface area contributed by atoms with Crippen molar-refractivity contribution >= 4 is 63.8 Å². The normalized spacial score (nSPS) is 11.0. The van der Waals surface area contributed by atoms with Crippen molar-refractivity contribution in [2.24, 2.45) is 10.2 Å². The third-order valence-corrected chi connectivity index (χ3v) is 5.36. The van der Waals surface area contributed by atoms with Crippen LogP contribution in [0.25, 0.3) is 0 Å². The summed E-state index contributed by atoms with van der Waals surface area (Å²) in [4.78, 5) is 38.7. The number of nitrogens with zero attached hydrogens (tertiary/aromatic N) is 3. The van der Waals surface area contributed by atoms with E-state index in [4.69, 9.17) is 34.8 Å². The number of benzene rings is 3. The molecular formula is C23H14Cl3N5O3. The molecule has 4 rings (SSSR count). The molecule has 8 nitrogen and oxygen atoms in total. The predicted molar refractivity (Wildman–Crippen MR) is 131 cm³/mol. The van der Waals surface area contributed by atoms with Crippen LogP contribution in [-0.2, 0) is 0 Å². The Morgan fingerprint density at radius 2 is 1.24 bits per heavy atom. The molecule has 1 aromatic heterocycles. The van der Waals surface area contributed by atoms with Gasteiger partial charge < -0.3 is 5.32 Å². The summed E-state index contributed by atoms with van der Waals surface area (Å²) >= 11 is 17.7. The van der Waals surface area contributed by atoms with E-state index in [-0.39, 0.29) is 22.6 Å². The predicted octanol–water partition coefficient (Wildman–Crippen LogP) is 6.49. The molecule has 1 heterocycles. The van der Waals surface area contributed by atoms with E-state index in [9.17, 15) is 14.4 Å². The monoisotopic (exact) mass is 513 g/mol. The summed E-state index contributed by atoms with van der Waals surface area (Å²) in [7, 11) is 0. The lowest BCUT2D eigenvalue weighted by Crippen LogP contribution is -2.21. The molecule has 170 valence electrons. The van der Waals surface area contributed by atoms with E-state index < -0.39 is 17.4 Å². The number of rotatable bonds is 5. The number of anilines is 1. The molecule has 0 saturated heterocycles. The topological polar surface area (TPSA) is 109 Å². The first-order chi connectivity index (χ1) is 16.3. The van der Waals surface area contributed by atoms with Gasteiger partial charge in [-0.1, -0.05) is 34.8 Å². The van der Waals surface area contributed by atoms with Gasteiger partial charge >= 0.3 is 0 Å². The van der Waals surface area contributed by atoms with Crippen LogP contribution < -0.4 is 10.9 Å². The smallest absolute Gasteiger partial charge is 0.294 e. The standard InChI is InChI=1S/C23H14Cl3N5O3/c24-15-5-1-13(2-6-15)21(32)27-20-19(29-28-18-11-9-17(26)10-12-18)22(33)30-31(20)23(34)14-3-7-16(25)8-4-14/h1-12H,(H,27,32)(H,30,33). The van der Waals surface area contributed by atoms with E-state index in [2.05, 4.69) is 20.6 Å². The van der Waals surface area contributed by atoms with E-state index in [1.165, 1.54) is 36.4 Å². The summed E-state index contributed by atoms with van der Waals surface area (Å²) in [6, 6.07) is 18.5. The molecule has 0 atom stereocenters. The second-order valence-corrected chi connectivity index (χ2v) is 8.23. The largest absolute Gasteiger partial charge is 0.304 e. The van der Waals surface area contributed by atoms with Gasteiger partial charge in [0, 0.05) is 26.2 Å². The van der Waals surface area contributed by atoms with Crippen molar-refractivity contribution in [3.8, 4) is 0 Å². The minimum absolute atomic E-state index is 0.178. The third kappa shape index (κ3) is 5.26. The van der Waals surface area contributed by atoms with Crippen LogP contribution in [0.1, 0.15) is 20.7 Å². The molecule has 0 aliphatic rings. The summed E-state index contributed by atoms with van der Waals surface area (Å²) in [6.07, 6.45) is 0. The van der Waals surface area contributed by atoms with E-state index in [0.29, 0.717) is 20.8 Å². The summed E-state index contributed by atoms with van der Waals surface area (Å²) in [6.45, 7) is 0. The average Bonchev–Trinajstić information content (AvgIpc) is 3.14. The van der Waals surface area contributed by atoms with Crippen molar-refractivity contribution in [3.63, 3.8) is 0 Å². The number of carbonyl (C=O) groups is 2. The zero-order chi connectivity index (χ0) is 24.2. The summed E-state index contributed by atoms with van der Waals surface area (Å²) < 4.78 is 0.898. The lowest BCUT2D eigenvalue weighted by molar-refractivity contribution is 0.0947. The van der Waals surface area contributed by atoms with Gasteiger partial charge in [0.25, 0.3) is 17.4 Å². The highest BCUT2D eigenvalue weighted by atomic mass is 35.5. The highest BCUT2D eigenvalue weighted by Gasteiger charge is 2.23. The quantitative estimate of drug-likeness (QED) is 0.297. The Kier molecular flexibility index (Phi) is 6.93. The number of aromatic amines is 1. The van der Waals surface area contributed by atoms with Crippen LogP contribution in [0.15, 0.2) is 87.8 Å². The first kappa shape index (κ1) is 23.4. The van der Waals surface area contributed by atoms with Gasteiger partial charge in [-0.3, -0.25) is 19.5 Å². The van der Waals surface area contributed by atoms with Crippen LogP contribution in [0.5, 0.6) is 0 Å². The Hall–Kier alpha value is -3.72. The van der Waals surface area contributed by atoms with E-state index >= 15 is 0 Å². The van der Waals surface area contributed by atoms with Crippen LogP contribution in [0.2, 0.25) is 15.1 Å². The van der Waals surface area contributed by atoms with E-state index in [0.717, 1.165) is 4.68 Å². The van der Waals surface area contributed by atoms with Crippen molar-refractivity contribution in [1.29, 1.82) is 0 Å². The van der Waals surface area contributed by atoms with Gasteiger partial charge in [-0.15, -0.1) is 5.11 Å². The Balaban J connectivity index is 1.76. The van der Waals surface area contributed by atoms with Gasteiger partial charge in [-0.2, -0.15) is 9.80 Å². The average molecular weight is 515 g/mol. The van der Waals surface area contributed by atoms with Crippen molar-refractivity contribution in [2.45, 2.75) is 0 Å². The van der Waals surface area contributed by atoms with Crippen molar-refractivity contribution in [3.05, 3.63) is 109 Å². The van der Waals surface area contributed by atoms with Crippen LogP contribution in [-0.4, -0.2) is 21.6 Å².